The van der Waals surface area contributed by atoms with E-state index in [0.717, 1.165) is 22.1 Å². The minimum absolute atomic E-state index is 0.0518. The summed E-state index contributed by atoms with van der Waals surface area (Å²) in [5, 5.41) is 9.36. The van der Waals surface area contributed by atoms with Gasteiger partial charge in [-0.15, -0.1) is 10.2 Å². The lowest BCUT2D eigenvalue weighted by atomic mass is 10.1. The number of ether oxygens (including phenoxy) is 1. The Morgan fingerprint density at radius 1 is 1.18 bits per heavy atom. The van der Waals surface area contributed by atoms with Crippen LogP contribution in [0.15, 0.2) is 29.4 Å². The molecule has 2 aromatic rings. The van der Waals surface area contributed by atoms with E-state index in [1.165, 1.54) is 11.8 Å². The number of alkyl halides is 3. The molecule has 0 bridgehead atoms. The molecule has 33 heavy (non-hydrogen) atoms. The fraction of sp³-hybridized carbons (Fsp3) is 0.591. The van der Waals surface area contributed by atoms with Crippen LogP contribution in [-0.2, 0) is 16.1 Å². The second-order valence-electron chi connectivity index (χ2n) is 7.95. The van der Waals surface area contributed by atoms with E-state index < -0.39 is 12.8 Å². The van der Waals surface area contributed by atoms with Crippen molar-refractivity contribution in [2.24, 2.45) is 0 Å². The van der Waals surface area contributed by atoms with E-state index in [1.54, 1.807) is 0 Å². The molecule has 3 rings (SSSR count). The number of aryl methyl sites for hydroxylation is 1. The van der Waals surface area contributed by atoms with E-state index in [0.29, 0.717) is 45.7 Å². The van der Waals surface area contributed by atoms with Crippen LogP contribution in [0.3, 0.4) is 0 Å². The summed E-state index contributed by atoms with van der Waals surface area (Å²) < 4.78 is 42.9. The number of carbonyl (C=O) groups excluding carboxylic acids is 1. The summed E-state index contributed by atoms with van der Waals surface area (Å²) in [4.78, 5) is 16.7. The summed E-state index contributed by atoms with van der Waals surface area (Å²) >= 11 is 1.39. The number of aromatic nitrogens is 3. The van der Waals surface area contributed by atoms with Gasteiger partial charge in [0.1, 0.15) is 6.61 Å². The molecule has 1 aromatic carbocycles. The van der Waals surface area contributed by atoms with Gasteiger partial charge in [0.15, 0.2) is 11.0 Å². The number of nitrogens with zero attached hydrogens (tertiary/aromatic N) is 5. The Bertz CT molecular complexity index is 914. The Hall–Kier alpha value is -2.11. The van der Waals surface area contributed by atoms with Gasteiger partial charge in [0.05, 0.1) is 5.75 Å². The Labute approximate surface area is 196 Å². The minimum Gasteiger partial charge on any atom is -0.372 e. The summed E-state index contributed by atoms with van der Waals surface area (Å²) in [6, 6.07) is 8.10. The summed E-state index contributed by atoms with van der Waals surface area (Å²) in [6.07, 6.45) is -3.74. The quantitative estimate of drug-likeness (QED) is 0.379. The molecular formula is C22H30F3N5O2S. The summed E-state index contributed by atoms with van der Waals surface area (Å²) in [5.74, 6) is 1.14. The predicted molar refractivity (Wildman–Crippen MR) is 121 cm³/mol. The first-order chi connectivity index (χ1) is 15.8. The van der Waals surface area contributed by atoms with Gasteiger partial charge in [-0.05, 0) is 26.3 Å². The third kappa shape index (κ3) is 7.72. The fourth-order valence-corrected chi connectivity index (χ4v) is 4.60. The lowest BCUT2D eigenvalue weighted by Gasteiger charge is -2.34. The second-order valence-corrected chi connectivity index (χ2v) is 8.89. The van der Waals surface area contributed by atoms with Crippen molar-refractivity contribution in [2.75, 3.05) is 51.7 Å². The molecule has 1 aliphatic heterocycles. The van der Waals surface area contributed by atoms with Gasteiger partial charge < -0.3 is 14.2 Å². The Balaban J connectivity index is 1.42. The molecule has 1 fully saturated rings. The molecule has 0 unspecified atom stereocenters. The molecule has 0 atom stereocenters. The van der Waals surface area contributed by atoms with E-state index in [-0.39, 0.29) is 18.3 Å². The molecule has 1 aromatic heterocycles. The molecule has 11 heteroatoms. The fourth-order valence-electron chi connectivity index (χ4n) is 3.69. The number of hydrogen-bond acceptors (Lipinski definition) is 6. The average molecular weight is 486 g/mol. The SMILES string of the molecule is CCn1c(SCC(=O)N2CCN(CCCOCC(F)(F)F)CC2)nnc1-c1cccc(C)c1. The van der Waals surface area contributed by atoms with Crippen LogP contribution < -0.4 is 0 Å². The Kier molecular flexibility index (Phi) is 9.16. The van der Waals surface area contributed by atoms with Gasteiger partial charge in [-0.25, -0.2) is 0 Å². The first-order valence-corrected chi connectivity index (χ1v) is 12.0. The van der Waals surface area contributed by atoms with Crippen LogP contribution in [0.1, 0.15) is 18.9 Å². The smallest absolute Gasteiger partial charge is 0.372 e. The van der Waals surface area contributed by atoms with E-state index in [2.05, 4.69) is 25.9 Å². The van der Waals surface area contributed by atoms with E-state index >= 15 is 0 Å². The molecule has 1 saturated heterocycles. The van der Waals surface area contributed by atoms with Gasteiger partial charge in [-0.2, -0.15) is 13.2 Å². The van der Waals surface area contributed by atoms with Gasteiger partial charge in [-0.3, -0.25) is 9.69 Å². The van der Waals surface area contributed by atoms with Crippen LogP contribution in [0.2, 0.25) is 0 Å². The van der Waals surface area contributed by atoms with E-state index in [9.17, 15) is 18.0 Å². The predicted octanol–water partition coefficient (Wildman–Crippen LogP) is 3.48. The molecule has 0 spiro atoms. The van der Waals surface area contributed by atoms with Crippen molar-refractivity contribution in [3.05, 3.63) is 29.8 Å². The van der Waals surface area contributed by atoms with Crippen molar-refractivity contribution >= 4 is 17.7 Å². The zero-order chi connectivity index (χ0) is 23.8. The molecule has 1 amide bonds. The maximum Gasteiger partial charge on any atom is 0.411 e. The van der Waals surface area contributed by atoms with Crippen molar-refractivity contribution in [2.45, 2.75) is 38.1 Å². The number of piperazine rings is 1. The molecule has 1 aliphatic rings. The van der Waals surface area contributed by atoms with Gasteiger partial charge in [0.25, 0.3) is 0 Å². The van der Waals surface area contributed by atoms with Crippen molar-refractivity contribution in [3.8, 4) is 11.4 Å². The third-order valence-electron chi connectivity index (χ3n) is 5.39. The Morgan fingerprint density at radius 3 is 2.61 bits per heavy atom. The lowest BCUT2D eigenvalue weighted by molar-refractivity contribution is -0.174. The first kappa shape index (κ1) is 25.5. The number of thioether (sulfide) groups is 1. The van der Waals surface area contributed by atoms with Crippen LogP contribution in [0, 0.1) is 6.92 Å². The van der Waals surface area contributed by atoms with Gasteiger partial charge >= 0.3 is 6.18 Å². The summed E-state index contributed by atoms with van der Waals surface area (Å²) in [6.45, 7) is 6.94. The highest BCUT2D eigenvalue weighted by Crippen LogP contribution is 2.25. The maximum atomic E-state index is 12.7. The molecule has 0 N–H and O–H groups in total. The van der Waals surface area contributed by atoms with Gasteiger partial charge in [-0.1, -0.05) is 35.5 Å². The van der Waals surface area contributed by atoms with Crippen LogP contribution in [-0.4, -0.2) is 88.3 Å². The van der Waals surface area contributed by atoms with E-state index in [4.69, 9.17) is 0 Å². The highest BCUT2D eigenvalue weighted by molar-refractivity contribution is 7.99. The van der Waals surface area contributed by atoms with E-state index in [1.807, 2.05) is 41.5 Å². The minimum atomic E-state index is -4.28. The standard InChI is InChI=1S/C22H30F3N5O2S/c1-3-30-20(18-7-4-6-17(2)14-18)26-27-21(30)33-15-19(31)29-11-9-28(10-12-29)8-5-13-32-16-22(23,24)25/h4,6-7,14H,3,5,8-13,15-16H2,1-2H3. The lowest BCUT2D eigenvalue weighted by Crippen LogP contribution is -2.49. The molecule has 182 valence electrons. The van der Waals surface area contributed by atoms with Crippen LogP contribution in [0.25, 0.3) is 11.4 Å². The molecule has 0 saturated carbocycles. The largest absolute Gasteiger partial charge is 0.411 e. The molecule has 0 aliphatic carbocycles. The number of halogens is 3. The number of carbonyl (C=O) groups is 1. The normalized spacial score (nSPS) is 15.2. The van der Waals surface area contributed by atoms with Crippen molar-refractivity contribution in [1.29, 1.82) is 0 Å². The Morgan fingerprint density at radius 2 is 1.94 bits per heavy atom. The number of hydrogen-bond donors (Lipinski definition) is 0. The molecule has 2 heterocycles. The monoisotopic (exact) mass is 485 g/mol. The number of benzene rings is 1. The number of amides is 1. The van der Waals surface area contributed by atoms with Crippen LogP contribution in [0.4, 0.5) is 13.2 Å². The summed E-state index contributed by atoms with van der Waals surface area (Å²) in [5.41, 5.74) is 2.15. The van der Waals surface area contributed by atoms with Gasteiger partial charge in [0, 0.05) is 51.4 Å². The summed E-state index contributed by atoms with van der Waals surface area (Å²) in [7, 11) is 0. The first-order valence-electron chi connectivity index (χ1n) is 11.0. The highest BCUT2D eigenvalue weighted by Gasteiger charge is 2.27. The zero-order valence-corrected chi connectivity index (χ0v) is 19.8. The third-order valence-corrected chi connectivity index (χ3v) is 6.34. The van der Waals surface area contributed by atoms with Crippen molar-refractivity contribution < 1.29 is 22.7 Å². The maximum absolute atomic E-state index is 12.7. The number of rotatable bonds is 10. The van der Waals surface area contributed by atoms with Crippen molar-refractivity contribution in [3.63, 3.8) is 0 Å². The topological polar surface area (TPSA) is 63.5 Å². The molecule has 7 nitrogen and oxygen atoms in total. The highest BCUT2D eigenvalue weighted by atomic mass is 32.2. The van der Waals surface area contributed by atoms with Crippen molar-refractivity contribution in [1.82, 2.24) is 24.6 Å². The molecular weight excluding hydrogens is 455 g/mol. The zero-order valence-electron chi connectivity index (χ0n) is 19.0. The molecule has 0 radical (unpaired) electrons. The van der Waals surface area contributed by atoms with Gasteiger partial charge in [0.2, 0.25) is 5.91 Å². The second kappa shape index (κ2) is 11.8. The average Bonchev–Trinajstić information content (AvgIpc) is 3.20. The van der Waals surface area contributed by atoms with Crippen LogP contribution >= 0.6 is 11.8 Å². The van der Waals surface area contributed by atoms with Crippen LogP contribution in [0.5, 0.6) is 0 Å².